The maximum Gasteiger partial charge on any atom is 0.279 e. The van der Waals surface area contributed by atoms with Crippen molar-refractivity contribution in [3.05, 3.63) is 0 Å². The molecule has 1 heterocycles. The largest absolute Gasteiger partial charge is 0.316 e. The molecule has 2 bridgehead atoms. The van der Waals surface area contributed by atoms with Crippen LogP contribution in [0.4, 0.5) is 0 Å². The van der Waals surface area contributed by atoms with Crippen molar-refractivity contribution in [2.75, 3.05) is 26.2 Å². The minimum Gasteiger partial charge on any atom is -0.316 e. The van der Waals surface area contributed by atoms with Crippen molar-refractivity contribution < 1.29 is 8.42 Å². The quantitative estimate of drug-likeness (QED) is 0.645. The topological polar surface area (TPSA) is 61.4 Å². The summed E-state index contributed by atoms with van der Waals surface area (Å²) in [4.78, 5) is 0. The Balaban J connectivity index is 1.83. The molecule has 2 rings (SSSR count). The van der Waals surface area contributed by atoms with Gasteiger partial charge in [0.15, 0.2) is 0 Å². The van der Waals surface area contributed by atoms with Gasteiger partial charge < -0.3 is 5.32 Å². The van der Waals surface area contributed by atoms with Crippen molar-refractivity contribution in [2.45, 2.75) is 32.2 Å². The van der Waals surface area contributed by atoms with E-state index in [1.54, 1.807) is 4.31 Å². The Kier molecular flexibility index (Phi) is 3.84. The fraction of sp³-hybridized carbons (Fsp3) is 1.00. The van der Waals surface area contributed by atoms with Crippen LogP contribution in [0.15, 0.2) is 0 Å². The second kappa shape index (κ2) is 5.00. The molecule has 2 unspecified atom stereocenters. The molecule has 6 heteroatoms. The Bertz CT molecular complexity index is 331. The Labute approximate surface area is 97.8 Å². The van der Waals surface area contributed by atoms with Crippen LogP contribution in [0.5, 0.6) is 0 Å². The molecule has 0 aromatic rings. The van der Waals surface area contributed by atoms with Crippen LogP contribution in [0.2, 0.25) is 0 Å². The maximum absolute atomic E-state index is 12.0. The van der Waals surface area contributed by atoms with E-state index in [-0.39, 0.29) is 6.04 Å². The lowest BCUT2D eigenvalue weighted by molar-refractivity contribution is 0.329. The molecule has 2 atom stereocenters. The van der Waals surface area contributed by atoms with Gasteiger partial charge in [-0.2, -0.15) is 12.7 Å². The average Bonchev–Trinajstić information content (AvgIpc) is 2.86. The van der Waals surface area contributed by atoms with Crippen LogP contribution >= 0.6 is 0 Å². The van der Waals surface area contributed by atoms with Gasteiger partial charge in [-0.3, -0.25) is 0 Å². The molecule has 0 aromatic heterocycles. The Morgan fingerprint density at radius 2 is 2.12 bits per heavy atom. The van der Waals surface area contributed by atoms with Gasteiger partial charge in [0.25, 0.3) is 10.2 Å². The summed E-state index contributed by atoms with van der Waals surface area (Å²) in [6, 6.07) is 0.265. The fourth-order valence-corrected chi connectivity index (χ4v) is 4.22. The predicted molar refractivity (Wildman–Crippen MR) is 63.3 cm³/mol. The van der Waals surface area contributed by atoms with Crippen molar-refractivity contribution in [1.82, 2.24) is 14.3 Å². The molecule has 2 fully saturated rings. The molecule has 1 saturated heterocycles. The van der Waals surface area contributed by atoms with E-state index in [0.29, 0.717) is 19.0 Å². The van der Waals surface area contributed by atoms with Crippen molar-refractivity contribution in [2.24, 2.45) is 5.92 Å². The molecule has 1 saturated carbocycles. The van der Waals surface area contributed by atoms with Gasteiger partial charge in [0, 0.05) is 25.7 Å². The van der Waals surface area contributed by atoms with Crippen molar-refractivity contribution in [1.29, 1.82) is 0 Å². The van der Waals surface area contributed by atoms with Crippen molar-refractivity contribution in [3.63, 3.8) is 0 Å². The van der Waals surface area contributed by atoms with Gasteiger partial charge in [0.2, 0.25) is 0 Å². The van der Waals surface area contributed by atoms with Gasteiger partial charge in [-0.15, -0.1) is 0 Å². The third-order valence-corrected chi connectivity index (χ3v) is 5.14. The van der Waals surface area contributed by atoms with Gasteiger partial charge >= 0.3 is 0 Å². The summed E-state index contributed by atoms with van der Waals surface area (Å²) in [6.07, 6.45) is 3.31. The van der Waals surface area contributed by atoms with Gasteiger partial charge in [-0.25, -0.2) is 4.72 Å². The van der Waals surface area contributed by atoms with Crippen LogP contribution < -0.4 is 10.0 Å². The monoisotopic (exact) mass is 247 g/mol. The summed E-state index contributed by atoms with van der Waals surface area (Å²) in [5, 5.41) is 3.10. The molecule has 0 radical (unpaired) electrons. The highest BCUT2D eigenvalue weighted by atomic mass is 32.2. The van der Waals surface area contributed by atoms with Crippen LogP contribution in [0.25, 0.3) is 0 Å². The highest BCUT2D eigenvalue weighted by Crippen LogP contribution is 2.38. The van der Waals surface area contributed by atoms with Crippen molar-refractivity contribution in [3.8, 4) is 0 Å². The molecule has 2 aliphatic rings. The summed E-state index contributed by atoms with van der Waals surface area (Å²) >= 11 is 0. The summed E-state index contributed by atoms with van der Waals surface area (Å²) in [7, 11) is -3.23. The minimum absolute atomic E-state index is 0.265. The number of likely N-dealkylation sites (N-methyl/N-ethyl adjacent to an activating group) is 1. The van der Waals surface area contributed by atoms with E-state index in [4.69, 9.17) is 0 Å². The first-order valence-electron chi connectivity index (χ1n) is 6.10. The molecular weight excluding hydrogens is 226 g/mol. The first-order chi connectivity index (χ1) is 7.63. The van der Waals surface area contributed by atoms with Crippen LogP contribution in [-0.2, 0) is 10.2 Å². The number of nitrogens with one attached hydrogen (secondary N) is 2. The Hall–Kier alpha value is -0.170. The van der Waals surface area contributed by atoms with Gasteiger partial charge in [-0.05, 0) is 31.7 Å². The lowest BCUT2D eigenvalue weighted by Crippen LogP contribution is -2.46. The van der Waals surface area contributed by atoms with E-state index >= 15 is 0 Å². The second-order valence-electron chi connectivity index (χ2n) is 4.66. The SMILES string of the molecule is CCNCCNS(=O)(=O)N1CC2CCC1C2. The maximum atomic E-state index is 12.0. The highest BCUT2D eigenvalue weighted by Gasteiger charge is 2.43. The van der Waals surface area contributed by atoms with E-state index in [9.17, 15) is 8.42 Å². The molecular formula is C10H21N3O2S. The van der Waals surface area contributed by atoms with Gasteiger partial charge in [0.1, 0.15) is 0 Å². The number of piperidine rings is 1. The van der Waals surface area contributed by atoms with E-state index in [0.717, 1.165) is 25.9 Å². The standard InChI is InChI=1S/C10H21N3O2S/c1-2-11-5-6-12-16(14,15)13-8-9-3-4-10(13)7-9/h9-12H,2-8H2,1H3. The first-order valence-corrected chi connectivity index (χ1v) is 7.54. The van der Waals surface area contributed by atoms with E-state index in [2.05, 4.69) is 10.0 Å². The smallest absolute Gasteiger partial charge is 0.279 e. The number of rotatable bonds is 6. The third-order valence-electron chi connectivity index (χ3n) is 3.50. The normalized spacial score (nSPS) is 30.1. The third kappa shape index (κ3) is 2.56. The highest BCUT2D eigenvalue weighted by molar-refractivity contribution is 7.87. The zero-order valence-electron chi connectivity index (χ0n) is 9.78. The molecule has 1 aliphatic heterocycles. The van der Waals surface area contributed by atoms with Gasteiger partial charge in [0.05, 0.1) is 0 Å². The first kappa shape index (κ1) is 12.3. The van der Waals surface area contributed by atoms with Gasteiger partial charge in [-0.1, -0.05) is 6.92 Å². The van der Waals surface area contributed by atoms with Crippen LogP contribution in [0, 0.1) is 5.92 Å². The lowest BCUT2D eigenvalue weighted by Gasteiger charge is -2.26. The molecule has 16 heavy (non-hydrogen) atoms. The average molecular weight is 247 g/mol. The predicted octanol–water partition coefficient (Wildman–Crippen LogP) is -0.0854. The van der Waals surface area contributed by atoms with Crippen LogP contribution in [-0.4, -0.2) is 44.9 Å². The number of fused-ring (bicyclic) bond motifs is 2. The Morgan fingerprint density at radius 1 is 1.31 bits per heavy atom. The lowest BCUT2D eigenvalue weighted by atomic mass is 10.1. The van der Waals surface area contributed by atoms with E-state index < -0.39 is 10.2 Å². The molecule has 94 valence electrons. The number of hydrogen-bond acceptors (Lipinski definition) is 3. The molecule has 2 N–H and O–H groups in total. The molecule has 5 nitrogen and oxygen atoms in total. The van der Waals surface area contributed by atoms with Crippen LogP contribution in [0.3, 0.4) is 0 Å². The summed E-state index contributed by atoms with van der Waals surface area (Å²) in [6.45, 7) is 4.77. The Morgan fingerprint density at radius 3 is 2.69 bits per heavy atom. The van der Waals surface area contributed by atoms with E-state index in [1.807, 2.05) is 6.92 Å². The summed E-state index contributed by atoms with van der Waals surface area (Å²) in [5.74, 6) is 0.607. The van der Waals surface area contributed by atoms with Crippen molar-refractivity contribution >= 4 is 10.2 Å². The fourth-order valence-electron chi connectivity index (χ4n) is 2.70. The second-order valence-corrected chi connectivity index (χ2v) is 6.36. The number of hydrogen-bond donors (Lipinski definition) is 2. The molecule has 0 spiro atoms. The summed E-state index contributed by atoms with van der Waals surface area (Å²) in [5.41, 5.74) is 0. The zero-order valence-corrected chi connectivity index (χ0v) is 10.6. The number of nitrogens with zero attached hydrogens (tertiary/aromatic N) is 1. The molecule has 0 aromatic carbocycles. The molecule has 0 amide bonds. The zero-order chi connectivity index (χ0) is 11.6. The summed E-state index contributed by atoms with van der Waals surface area (Å²) < 4.78 is 28.3. The minimum atomic E-state index is -3.23. The molecule has 1 aliphatic carbocycles. The van der Waals surface area contributed by atoms with E-state index in [1.165, 1.54) is 6.42 Å². The van der Waals surface area contributed by atoms with Crippen LogP contribution in [0.1, 0.15) is 26.2 Å².